The minimum Gasteiger partial charge on any atom is -0.497 e. The van der Waals surface area contributed by atoms with Gasteiger partial charge in [-0.2, -0.15) is 0 Å². The van der Waals surface area contributed by atoms with Crippen LogP contribution in [0.2, 0.25) is 0 Å². The van der Waals surface area contributed by atoms with Crippen molar-refractivity contribution in [2.45, 2.75) is 19.6 Å². The zero-order chi connectivity index (χ0) is 13.7. The van der Waals surface area contributed by atoms with Gasteiger partial charge in [0.15, 0.2) is 0 Å². The molecule has 0 heterocycles. The number of rotatable bonds is 5. The van der Waals surface area contributed by atoms with Crippen molar-refractivity contribution in [1.29, 1.82) is 0 Å². The highest BCUT2D eigenvalue weighted by Gasteiger charge is 2.08. The molecule has 100 valence electrons. The molecule has 0 radical (unpaired) electrons. The first-order valence-electron chi connectivity index (χ1n) is 6.23. The Labute approximate surface area is 113 Å². The molecule has 0 amide bonds. The van der Waals surface area contributed by atoms with Gasteiger partial charge < -0.3 is 14.6 Å². The van der Waals surface area contributed by atoms with E-state index in [1.54, 1.807) is 14.0 Å². The Kier molecular flexibility index (Phi) is 4.42. The molecule has 2 aromatic rings. The van der Waals surface area contributed by atoms with E-state index in [2.05, 4.69) is 0 Å². The van der Waals surface area contributed by atoms with E-state index in [-0.39, 0.29) is 0 Å². The molecule has 0 aliphatic carbocycles. The third-order valence-corrected chi connectivity index (χ3v) is 2.92. The highest BCUT2D eigenvalue weighted by Crippen LogP contribution is 2.25. The van der Waals surface area contributed by atoms with Gasteiger partial charge in [-0.15, -0.1) is 0 Å². The monoisotopic (exact) mass is 258 g/mol. The third-order valence-electron chi connectivity index (χ3n) is 2.92. The molecule has 0 aliphatic rings. The smallest absolute Gasteiger partial charge is 0.125 e. The molecular formula is C16H18O3. The summed E-state index contributed by atoms with van der Waals surface area (Å²) in [7, 11) is 1.64. The van der Waals surface area contributed by atoms with Crippen LogP contribution in [-0.2, 0) is 6.61 Å². The van der Waals surface area contributed by atoms with E-state index in [0.29, 0.717) is 12.4 Å². The molecule has 2 aromatic carbocycles. The van der Waals surface area contributed by atoms with Crippen molar-refractivity contribution in [1.82, 2.24) is 0 Å². The Hall–Kier alpha value is -2.00. The Balaban J connectivity index is 2.05. The van der Waals surface area contributed by atoms with E-state index in [4.69, 9.17) is 9.47 Å². The quantitative estimate of drug-likeness (QED) is 0.894. The topological polar surface area (TPSA) is 38.7 Å². The summed E-state index contributed by atoms with van der Waals surface area (Å²) in [6.45, 7) is 2.20. The summed E-state index contributed by atoms with van der Waals surface area (Å²) in [6, 6.07) is 15.3. The largest absolute Gasteiger partial charge is 0.497 e. The maximum absolute atomic E-state index is 9.67. The summed E-state index contributed by atoms with van der Waals surface area (Å²) in [5.41, 5.74) is 1.86. The second-order valence-corrected chi connectivity index (χ2v) is 4.35. The van der Waals surface area contributed by atoms with E-state index >= 15 is 0 Å². The highest BCUT2D eigenvalue weighted by atomic mass is 16.5. The summed E-state index contributed by atoms with van der Waals surface area (Å²) >= 11 is 0. The van der Waals surface area contributed by atoms with Gasteiger partial charge in [0.2, 0.25) is 0 Å². The fourth-order valence-electron chi connectivity index (χ4n) is 1.84. The van der Waals surface area contributed by atoms with Crippen LogP contribution in [0, 0.1) is 0 Å². The number of hydrogen-bond donors (Lipinski definition) is 1. The molecule has 1 atom stereocenters. The number of aliphatic hydroxyl groups excluding tert-OH is 1. The minimum absolute atomic E-state index is 0.466. The third kappa shape index (κ3) is 3.48. The number of benzene rings is 2. The van der Waals surface area contributed by atoms with Crippen molar-refractivity contribution in [2.24, 2.45) is 0 Å². The van der Waals surface area contributed by atoms with E-state index < -0.39 is 6.10 Å². The van der Waals surface area contributed by atoms with Crippen molar-refractivity contribution in [2.75, 3.05) is 7.11 Å². The molecule has 0 fully saturated rings. The Morgan fingerprint density at radius 2 is 1.74 bits per heavy atom. The van der Waals surface area contributed by atoms with Crippen LogP contribution in [0.4, 0.5) is 0 Å². The lowest BCUT2D eigenvalue weighted by molar-refractivity contribution is 0.190. The zero-order valence-corrected chi connectivity index (χ0v) is 11.2. The Morgan fingerprint density at radius 3 is 2.37 bits per heavy atom. The highest BCUT2D eigenvalue weighted by molar-refractivity contribution is 5.35. The summed E-state index contributed by atoms with van der Waals surface area (Å²) in [6.07, 6.45) is -0.535. The molecule has 3 heteroatoms. The van der Waals surface area contributed by atoms with Crippen molar-refractivity contribution in [3.05, 3.63) is 59.7 Å². The Bertz CT molecular complexity index is 518. The van der Waals surface area contributed by atoms with Crippen LogP contribution in [0.25, 0.3) is 0 Å². The van der Waals surface area contributed by atoms with Gasteiger partial charge in [0.05, 0.1) is 13.2 Å². The SMILES string of the molecule is COc1ccc(COc2ccccc2[C@@H](C)O)cc1. The van der Waals surface area contributed by atoms with Crippen LogP contribution < -0.4 is 9.47 Å². The van der Waals surface area contributed by atoms with Gasteiger partial charge in [0.1, 0.15) is 18.1 Å². The van der Waals surface area contributed by atoms with Gasteiger partial charge in [0, 0.05) is 5.56 Å². The number of methoxy groups -OCH3 is 1. The van der Waals surface area contributed by atoms with Crippen LogP contribution in [0.5, 0.6) is 11.5 Å². The molecule has 0 aliphatic heterocycles. The first kappa shape index (κ1) is 13.4. The second kappa shape index (κ2) is 6.25. The van der Waals surface area contributed by atoms with E-state index in [9.17, 15) is 5.11 Å². The molecule has 0 saturated carbocycles. The average molecular weight is 258 g/mol. The lowest BCUT2D eigenvalue weighted by Crippen LogP contribution is -2.00. The van der Waals surface area contributed by atoms with Crippen LogP contribution in [-0.4, -0.2) is 12.2 Å². The number of hydrogen-bond acceptors (Lipinski definition) is 3. The number of aliphatic hydroxyl groups is 1. The minimum atomic E-state index is -0.535. The lowest BCUT2D eigenvalue weighted by atomic mass is 10.1. The molecule has 0 unspecified atom stereocenters. The van der Waals surface area contributed by atoms with Gasteiger partial charge in [-0.05, 0) is 30.7 Å². The molecular weight excluding hydrogens is 240 g/mol. The van der Waals surface area contributed by atoms with Crippen LogP contribution >= 0.6 is 0 Å². The van der Waals surface area contributed by atoms with Crippen molar-refractivity contribution in [3.8, 4) is 11.5 Å². The lowest BCUT2D eigenvalue weighted by Gasteiger charge is -2.13. The van der Waals surface area contributed by atoms with Gasteiger partial charge in [-0.3, -0.25) is 0 Å². The first-order chi connectivity index (χ1) is 9.20. The molecule has 1 N–H and O–H groups in total. The summed E-state index contributed by atoms with van der Waals surface area (Å²) in [5.74, 6) is 1.54. The molecule has 0 saturated heterocycles. The summed E-state index contributed by atoms with van der Waals surface area (Å²) in [4.78, 5) is 0. The van der Waals surface area contributed by atoms with Crippen molar-refractivity contribution in [3.63, 3.8) is 0 Å². The number of ether oxygens (including phenoxy) is 2. The van der Waals surface area contributed by atoms with Crippen LogP contribution in [0.15, 0.2) is 48.5 Å². The van der Waals surface area contributed by atoms with Crippen LogP contribution in [0.1, 0.15) is 24.2 Å². The van der Waals surface area contributed by atoms with Gasteiger partial charge in [0.25, 0.3) is 0 Å². The molecule has 0 bridgehead atoms. The van der Waals surface area contributed by atoms with Gasteiger partial charge in [-0.25, -0.2) is 0 Å². The maximum atomic E-state index is 9.67. The molecule has 3 nitrogen and oxygen atoms in total. The van der Waals surface area contributed by atoms with Crippen LogP contribution in [0.3, 0.4) is 0 Å². The first-order valence-corrected chi connectivity index (χ1v) is 6.23. The fraction of sp³-hybridized carbons (Fsp3) is 0.250. The van der Waals surface area contributed by atoms with E-state index in [0.717, 1.165) is 16.9 Å². The van der Waals surface area contributed by atoms with Crippen molar-refractivity contribution >= 4 is 0 Å². The second-order valence-electron chi connectivity index (χ2n) is 4.35. The predicted octanol–water partition coefficient (Wildman–Crippen LogP) is 3.33. The number of para-hydroxylation sites is 1. The van der Waals surface area contributed by atoms with E-state index in [1.807, 2.05) is 48.5 Å². The zero-order valence-electron chi connectivity index (χ0n) is 11.2. The molecule has 0 spiro atoms. The standard InChI is InChI=1S/C16H18O3/c1-12(17)15-5-3-4-6-16(15)19-11-13-7-9-14(18-2)10-8-13/h3-10,12,17H,11H2,1-2H3/t12-/m1/s1. The molecule has 0 aromatic heterocycles. The van der Waals surface area contributed by atoms with Gasteiger partial charge >= 0.3 is 0 Å². The fourth-order valence-corrected chi connectivity index (χ4v) is 1.84. The maximum Gasteiger partial charge on any atom is 0.125 e. The van der Waals surface area contributed by atoms with E-state index in [1.165, 1.54) is 0 Å². The Morgan fingerprint density at radius 1 is 1.05 bits per heavy atom. The van der Waals surface area contributed by atoms with Crippen molar-refractivity contribution < 1.29 is 14.6 Å². The summed E-state index contributed by atoms with van der Waals surface area (Å²) in [5, 5.41) is 9.67. The average Bonchev–Trinajstić information content (AvgIpc) is 2.46. The normalized spacial score (nSPS) is 11.9. The van der Waals surface area contributed by atoms with Gasteiger partial charge in [-0.1, -0.05) is 30.3 Å². The molecule has 2 rings (SSSR count). The summed E-state index contributed by atoms with van der Waals surface area (Å²) < 4.78 is 10.9. The molecule has 19 heavy (non-hydrogen) atoms. The predicted molar refractivity (Wildman–Crippen MR) is 74.4 cm³/mol.